The van der Waals surface area contributed by atoms with Crippen LogP contribution in [-0.2, 0) is 9.47 Å². The molecule has 14 unspecified atom stereocenters. The monoisotopic (exact) mass is 722 g/mol. The van der Waals surface area contributed by atoms with E-state index in [1.807, 2.05) is 0 Å². The van der Waals surface area contributed by atoms with Crippen LogP contribution in [0.25, 0.3) is 0 Å². The van der Waals surface area contributed by atoms with Crippen molar-refractivity contribution < 1.29 is 9.47 Å². The maximum Gasteiger partial charge on any atom is 0.168 e. The standard InChI is InChI=1S/C49H87NO2/c1-5-7-9-12-18-37-26-41(37)30-45-34-47(45)32-43-28-39(43)20-14-16-23-49(51-35-48(52-49)21-24-50(3)4)22-15-10-13-19-38-27-42(38)31-46-33-44(46)29-40-25-36(40)17-11-8-6-2/h36-48H,5-35H2,1-4H3. The molecule has 0 spiro atoms. The van der Waals surface area contributed by atoms with Gasteiger partial charge in [0.25, 0.3) is 0 Å². The second-order valence-corrected chi connectivity index (χ2v) is 21.2. The van der Waals surface area contributed by atoms with Gasteiger partial charge in [-0.15, -0.1) is 0 Å². The molecule has 1 saturated heterocycles. The molecule has 6 saturated carbocycles. The van der Waals surface area contributed by atoms with Crippen molar-refractivity contribution >= 4 is 0 Å². The molecule has 3 heteroatoms. The lowest BCUT2D eigenvalue weighted by atomic mass is 9.98. The fourth-order valence-corrected chi connectivity index (χ4v) is 12.0. The van der Waals surface area contributed by atoms with E-state index in [1.165, 1.54) is 89.9 Å². The summed E-state index contributed by atoms with van der Waals surface area (Å²) in [6, 6.07) is 0. The Morgan fingerprint density at radius 2 is 0.808 bits per heavy atom. The maximum absolute atomic E-state index is 6.82. The summed E-state index contributed by atoms with van der Waals surface area (Å²) in [5, 5.41) is 0. The maximum atomic E-state index is 6.82. The average Bonchev–Trinajstić information content (AvgIpc) is 3.87. The quantitative estimate of drug-likeness (QED) is 0.0665. The smallest absolute Gasteiger partial charge is 0.168 e. The molecule has 0 N–H and O–H groups in total. The molecule has 14 atom stereocenters. The van der Waals surface area contributed by atoms with Crippen molar-refractivity contribution in [3.05, 3.63) is 0 Å². The minimum absolute atomic E-state index is 0.280. The SMILES string of the molecule is CCCCCCC1CC1CC1CC1CC1CC1CCCCC1(CCCCCC2CC2CC2CC2CC2CC2CCCCC)OCC(CCN(C)C)O1. The summed E-state index contributed by atoms with van der Waals surface area (Å²) in [5.41, 5.74) is 0. The van der Waals surface area contributed by atoms with Crippen molar-refractivity contribution in [2.24, 2.45) is 71.0 Å². The summed E-state index contributed by atoms with van der Waals surface area (Å²) in [7, 11) is 4.37. The van der Waals surface area contributed by atoms with Crippen LogP contribution in [0.5, 0.6) is 0 Å². The molecule has 1 heterocycles. The molecule has 0 aromatic carbocycles. The van der Waals surface area contributed by atoms with Gasteiger partial charge in [-0.3, -0.25) is 0 Å². The summed E-state index contributed by atoms with van der Waals surface area (Å²) in [6.45, 7) is 6.59. The number of unbranched alkanes of at least 4 members (excludes halogenated alkanes) is 8. The van der Waals surface area contributed by atoms with Gasteiger partial charge in [-0.05, 0) is 169 Å². The first kappa shape index (κ1) is 40.1. The molecule has 1 aliphatic heterocycles. The molecule has 7 aliphatic rings. The van der Waals surface area contributed by atoms with Crippen molar-refractivity contribution in [2.45, 2.75) is 212 Å². The average molecular weight is 722 g/mol. The van der Waals surface area contributed by atoms with E-state index >= 15 is 0 Å². The van der Waals surface area contributed by atoms with Crippen LogP contribution < -0.4 is 0 Å². The van der Waals surface area contributed by atoms with Crippen LogP contribution in [-0.4, -0.2) is 44.0 Å². The van der Waals surface area contributed by atoms with Gasteiger partial charge >= 0.3 is 0 Å². The number of rotatable bonds is 31. The Morgan fingerprint density at radius 1 is 0.442 bits per heavy atom. The van der Waals surface area contributed by atoms with E-state index in [-0.39, 0.29) is 5.79 Å². The van der Waals surface area contributed by atoms with E-state index < -0.39 is 0 Å². The molecule has 0 amide bonds. The zero-order valence-corrected chi connectivity index (χ0v) is 35.2. The van der Waals surface area contributed by atoms with Crippen molar-refractivity contribution in [3.63, 3.8) is 0 Å². The molecule has 0 radical (unpaired) electrons. The fraction of sp³-hybridized carbons (Fsp3) is 1.00. The zero-order chi connectivity index (χ0) is 35.9. The molecule has 52 heavy (non-hydrogen) atoms. The lowest BCUT2D eigenvalue weighted by Gasteiger charge is -2.29. The van der Waals surface area contributed by atoms with Crippen LogP contribution >= 0.6 is 0 Å². The van der Waals surface area contributed by atoms with Crippen LogP contribution in [0, 0.1) is 71.0 Å². The van der Waals surface area contributed by atoms with Gasteiger partial charge in [0.1, 0.15) is 0 Å². The summed E-state index contributed by atoms with van der Waals surface area (Å²) in [6.07, 6.45) is 42.4. The molecule has 7 rings (SSSR count). The Bertz CT molecular complexity index is 1040. The Kier molecular flexibility index (Phi) is 14.9. The van der Waals surface area contributed by atoms with Crippen molar-refractivity contribution in [1.29, 1.82) is 0 Å². The molecule has 0 bridgehead atoms. The predicted octanol–water partition coefficient (Wildman–Crippen LogP) is 13.5. The fourth-order valence-electron chi connectivity index (χ4n) is 12.0. The number of ether oxygens (including phenoxy) is 2. The van der Waals surface area contributed by atoms with Gasteiger partial charge < -0.3 is 14.4 Å². The third-order valence-corrected chi connectivity index (χ3v) is 16.3. The van der Waals surface area contributed by atoms with E-state index in [9.17, 15) is 0 Å². The summed E-state index contributed by atoms with van der Waals surface area (Å²) in [5.74, 6) is 13.0. The highest BCUT2D eigenvalue weighted by atomic mass is 16.7. The molecular weight excluding hydrogens is 635 g/mol. The Morgan fingerprint density at radius 3 is 1.27 bits per heavy atom. The Hall–Kier alpha value is -0.120. The van der Waals surface area contributed by atoms with E-state index in [1.54, 1.807) is 77.0 Å². The lowest BCUT2D eigenvalue weighted by molar-refractivity contribution is -0.180. The lowest BCUT2D eigenvalue weighted by Crippen LogP contribution is -2.31. The molecular formula is C49H87NO2. The second kappa shape index (κ2) is 19.4. The highest BCUT2D eigenvalue weighted by Gasteiger charge is 2.50. The van der Waals surface area contributed by atoms with Crippen LogP contribution in [0.1, 0.15) is 200 Å². The van der Waals surface area contributed by atoms with Crippen LogP contribution in [0.2, 0.25) is 0 Å². The molecule has 6 aliphatic carbocycles. The normalized spacial score (nSPS) is 41.1. The van der Waals surface area contributed by atoms with Crippen molar-refractivity contribution in [3.8, 4) is 0 Å². The van der Waals surface area contributed by atoms with Crippen molar-refractivity contribution in [1.82, 2.24) is 4.90 Å². The van der Waals surface area contributed by atoms with Gasteiger partial charge in [-0.25, -0.2) is 0 Å². The first-order valence-corrected chi connectivity index (χ1v) is 24.4. The highest BCUT2D eigenvalue weighted by Crippen LogP contribution is 2.60. The van der Waals surface area contributed by atoms with Crippen LogP contribution in [0.3, 0.4) is 0 Å². The number of hydrogen-bond donors (Lipinski definition) is 0. The minimum atomic E-state index is -0.280. The highest BCUT2D eigenvalue weighted by molar-refractivity contribution is 5.00. The third kappa shape index (κ3) is 13.0. The number of hydrogen-bond acceptors (Lipinski definition) is 3. The van der Waals surface area contributed by atoms with Gasteiger partial charge in [0, 0.05) is 19.4 Å². The van der Waals surface area contributed by atoms with Gasteiger partial charge in [0.2, 0.25) is 0 Å². The van der Waals surface area contributed by atoms with Gasteiger partial charge in [-0.2, -0.15) is 0 Å². The Labute approximate surface area is 323 Å². The van der Waals surface area contributed by atoms with Crippen molar-refractivity contribution in [2.75, 3.05) is 27.2 Å². The molecule has 0 aromatic rings. The van der Waals surface area contributed by atoms with Gasteiger partial charge in [-0.1, -0.05) is 104 Å². The zero-order valence-electron chi connectivity index (χ0n) is 35.2. The topological polar surface area (TPSA) is 21.7 Å². The second-order valence-electron chi connectivity index (χ2n) is 21.2. The van der Waals surface area contributed by atoms with Gasteiger partial charge in [0.15, 0.2) is 5.79 Å². The minimum Gasteiger partial charge on any atom is -0.347 e. The van der Waals surface area contributed by atoms with E-state index in [4.69, 9.17) is 9.47 Å². The van der Waals surface area contributed by atoms with E-state index in [2.05, 4.69) is 32.8 Å². The largest absolute Gasteiger partial charge is 0.347 e. The third-order valence-electron chi connectivity index (χ3n) is 16.3. The molecule has 0 aromatic heterocycles. The van der Waals surface area contributed by atoms with Crippen LogP contribution in [0.4, 0.5) is 0 Å². The van der Waals surface area contributed by atoms with Crippen LogP contribution in [0.15, 0.2) is 0 Å². The molecule has 300 valence electrons. The first-order valence-electron chi connectivity index (χ1n) is 24.4. The first-order chi connectivity index (χ1) is 25.4. The summed E-state index contributed by atoms with van der Waals surface area (Å²) >= 11 is 0. The molecule has 7 fully saturated rings. The van der Waals surface area contributed by atoms with Gasteiger partial charge in [0.05, 0.1) is 12.7 Å². The van der Waals surface area contributed by atoms with E-state index in [0.29, 0.717) is 6.10 Å². The van der Waals surface area contributed by atoms with E-state index in [0.717, 1.165) is 103 Å². The molecule has 3 nitrogen and oxygen atoms in total. The summed E-state index contributed by atoms with van der Waals surface area (Å²) < 4.78 is 13.4. The predicted molar refractivity (Wildman–Crippen MR) is 219 cm³/mol. The Balaban J connectivity index is 0.718. The number of nitrogens with zero attached hydrogens (tertiary/aromatic N) is 1. The summed E-state index contributed by atoms with van der Waals surface area (Å²) in [4.78, 5) is 2.30.